The lowest BCUT2D eigenvalue weighted by Crippen LogP contribution is -2.45. The van der Waals surface area contributed by atoms with Crippen LogP contribution in [0, 0.1) is 0 Å². The van der Waals surface area contributed by atoms with Crippen LogP contribution in [-0.2, 0) is 24.0 Å². The monoisotopic (exact) mass is 210 g/mol. The smallest absolute Gasteiger partial charge is 0.301 e. The van der Waals surface area contributed by atoms with Crippen LogP contribution in [0.1, 0.15) is 0 Å². The number of sulfone groups is 1. The number of hydrogen-bond donors (Lipinski definition) is 0. The molecular formula is C7H14O5S. The van der Waals surface area contributed by atoms with E-state index in [1.807, 2.05) is 0 Å². The van der Waals surface area contributed by atoms with Crippen LogP contribution in [0.15, 0.2) is 12.0 Å². The molecule has 0 aromatic rings. The van der Waals surface area contributed by atoms with Crippen LogP contribution in [0.5, 0.6) is 0 Å². The van der Waals surface area contributed by atoms with E-state index in [0.717, 1.165) is 5.41 Å². The normalized spacial score (nSPS) is 12.8. The first-order valence-corrected chi connectivity index (χ1v) is 5.00. The summed E-state index contributed by atoms with van der Waals surface area (Å²) in [7, 11) is 0.114. The van der Waals surface area contributed by atoms with Crippen molar-refractivity contribution in [2.24, 2.45) is 0 Å². The topological polar surface area (TPSA) is 61.8 Å². The minimum Gasteiger partial charge on any atom is -0.378 e. The van der Waals surface area contributed by atoms with E-state index < -0.39 is 15.0 Å². The van der Waals surface area contributed by atoms with Gasteiger partial charge in [0.1, 0.15) is 6.61 Å². The summed E-state index contributed by atoms with van der Waals surface area (Å²) in [5, 5.41) is -1.01. The van der Waals surface area contributed by atoms with Gasteiger partial charge < -0.3 is 14.2 Å². The summed E-state index contributed by atoms with van der Waals surface area (Å²) in [5.41, 5.74) is 0. The van der Waals surface area contributed by atoms with E-state index in [4.69, 9.17) is 14.2 Å². The van der Waals surface area contributed by atoms with Gasteiger partial charge in [-0.15, -0.1) is 0 Å². The second-order valence-electron chi connectivity index (χ2n) is 2.24. The first-order valence-electron chi connectivity index (χ1n) is 3.46. The fourth-order valence-corrected chi connectivity index (χ4v) is 1.82. The molecular weight excluding hydrogens is 196 g/mol. The molecule has 0 saturated carbocycles. The molecule has 0 saturated heterocycles. The van der Waals surface area contributed by atoms with Crippen LogP contribution < -0.4 is 0 Å². The number of rotatable bonds is 6. The van der Waals surface area contributed by atoms with Gasteiger partial charge in [0.05, 0.1) is 0 Å². The highest BCUT2D eigenvalue weighted by molar-refractivity contribution is 7.95. The molecule has 0 aliphatic carbocycles. The maximum Gasteiger partial charge on any atom is 0.301 e. The summed E-state index contributed by atoms with van der Waals surface area (Å²) in [6, 6.07) is 0. The predicted molar refractivity (Wildman–Crippen MR) is 47.7 cm³/mol. The maximum atomic E-state index is 11.4. The van der Waals surface area contributed by atoms with Crippen molar-refractivity contribution in [1.82, 2.24) is 0 Å². The molecule has 5 nitrogen and oxygen atoms in total. The van der Waals surface area contributed by atoms with Crippen LogP contribution in [0.2, 0.25) is 0 Å². The van der Waals surface area contributed by atoms with Crippen LogP contribution in [0.4, 0.5) is 0 Å². The molecule has 0 heterocycles. The fraction of sp³-hybridized carbons (Fsp3) is 0.714. The Hall–Kier alpha value is -0.430. The minimum atomic E-state index is -3.69. The molecule has 0 amide bonds. The third-order valence-electron chi connectivity index (χ3n) is 1.60. The maximum absolute atomic E-state index is 11.4. The van der Waals surface area contributed by atoms with E-state index in [-0.39, 0.29) is 6.61 Å². The van der Waals surface area contributed by atoms with E-state index in [9.17, 15) is 8.42 Å². The zero-order valence-electron chi connectivity index (χ0n) is 7.94. The van der Waals surface area contributed by atoms with Crippen molar-refractivity contribution < 1.29 is 22.6 Å². The molecule has 0 unspecified atom stereocenters. The lowest BCUT2D eigenvalue weighted by molar-refractivity contribution is -0.169. The Bertz CT molecular complexity index is 252. The SMILES string of the molecule is C=CS(=O)(=O)C(COC)(OC)OC. The van der Waals surface area contributed by atoms with Gasteiger partial charge in [-0.1, -0.05) is 6.58 Å². The first-order chi connectivity index (χ1) is 5.99. The van der Waals surface area contributed by atoms with Gasteiger partial charge in [-0.25, -0.2) is 8.42 Å². The Labute approximate surface area is 78.2 Å². The van der Waals surface area contributed by atoms with Gasteiger partial charge in [0.25, 0.3) is 0 Å². The molecule has 6 heteroatoms. The summed E-state index contributed by atoms with van der Waals surface area (Å²) in [6.45, 7) is 2.96. The molecule has 13 heavy (non-hydrogen) atoms. The molecule has 0 aliphatic heterocycles. The second-order valence-corrected chi connectivity index (χ2v) is 4.28. The van der Waals surface area contributed by atoms with Crippen molar-refractivity contribution in [3.8, 4) is 0 Å². The highest BCUT2D eigenvalue weighted by atomic mass is 32.2. The molecule has 0 atom stereocenters. The van der Waals surface area contributed by atoms with Crippen LogP contribution in [0.25, 0.3) is 0 Å². The lowest BCUT2D eigenvalue weighted by atomic mass is 10.7. The van der Waals surface area contributed by atoms with E-state index in [1.54, 1.807) is 0 Å². The van der Waals surface area contributed by atoms with E-state index in [0.29, 0.717) is 0 Å². The van der Waals surface area contributed by atoms with E-state index in [2.05, 4.69) is 6.58 Å². The van der Waals surface area contributed by atoms with Gasteiger partial charge in [0, 0.05) is 26.7 Å². The van der Waals surface area contributed by atoms with Gasteiger partial charge in [0.2, 0.25) is 9.84 Å². The summed E-state index contributed by atoms with van der Waals surface area (Å²) in [4.78, 5) is 0. The van der Waals surface area contributed by atoms with Crippen molar-refractivity contribution in [2.45, 2.75) is 5.12 Å². The van der Waals surface area contributed by atoms with Gasteiger partial charge in [-0.05, 0) is 0 Å². The van der Waals surface area contributed by atoms with Gasteiger partial charge in [0.15, 0.2) is 0 Å². The van der Waals surface area contributed by atoms with Crippen LogP contribution in [-0.4, -0.2) is 41.5 Å². The molecule has 0 aromatic carbocycles. The molecule has 0 aromatic heterocycles. The zero-order chi connectivity index (χ0) is 10.5. The molecule has 0 radical (unpaired) electrons. The van der Waals surface area contributed by atoms with Gasteiger partial charge >= 0.3 is 5.12 Å². The zero-order valence-corrected chi connectivity index (χ0v) is 8.76. The summed E-state index contributed by atoms with van der Waals surface area (Å²) >= 11 is 0. The Morgan fingerprint density at radius 1 is 1.31 bits per heavy atom. The third kappa shape index (κ3) is 2.28. The highest BCUT2D eigenvalue weighted by Gasteiger charge is 2.43. The average Bonchev–Trinajstić information content (AvgIpc) is 2.14. The number of ether oxygens (including phenoxy) is 3. The summed E-state index contributed by atoms with van der Waals surface area (Å²) in [5.74, 6) is 0. The molecule has 0 aliphatic rings. The van der Waals surface area contributed by atoms with Crippen LogP contribution in [0.3, 0.4) is 0 Å². The van der Waals surface area contributed by atoms with Crippen molar-refractivity contribution in [3.05, 3.63) is 12.0 Å². The van der Waals surface area contributed by atoms with Crippen LogP contribution >= 0.6 is 0 Å². The minimum absolute atomic E-state index is 0.214. The highest BCUT2D eigenvalue weighted by Crippen LogP contribution is 2.21. The largest absolute Gasteiger partial charge is 0.378 e. The van der Waals surface area contributed by atoms with Gasteiger partial charge in [-0.2, -0.15) is 0 Å². The van der Waals surface area contributed by atoms with Crippen molar-refractivity contribution in [1.29, 1.82) is 0 Å². The Kier molecular flexibility index (Phi) is 4.55. The second kappa shape index (κ2) is 4.71. The molecule has 0 N–H and O–H groups in total. The first kappa shape index (κ1) is 12.6. The predicted octanol–water partition coefficient (Wildman–Crippen LogP) is 0.138. The quantitative estimate of drug-likeness (QED) is 0.583. The van der Waals surface area contributed by atoms with E-state index in [1.165, 1.54) is 21.3 Å². The molecule has 0 fully saturated rings. The average molecular weight is 210 g/mol. The molecule has 0 rings (SSSR count). The number of hydrogen-bond acceptors (Lipinski definition) is 5. The molecule has 0 bridgehead atoms. The lowest BCUT2D eigenvalue weighted by Gasteiger charge is -2.27. The Morgan fingerprint density at radius 2 is 1.77 bits per heavy atom. The summed E-state index contributed by atoms with van der Waals surface area (Å²) in [6.07, 6.45) is 0. The van der Waals surface area contributed by atoms with Crippen molar-refractivity contribution in [2.75, 3.05) is 27.9 Å². The number of methoxy groups -OCH3 is 3. The Morgan fingerprint density at radius 3 is 2.00 bits per heavy atom. The van der Waals surface area contributed by atoms with Gasteiger partial charge in [-0.3, -0.25) is 0 Å². The van der Waals surface area contributed by atoms with Crippen molar-refractivity contribution >= 4 is 9.84 Å². The third-order valence-corrected chi connectivity index (χ3v) is 3.35. The fourth-order valence-electron chi connectivity index (χ4n) is 0.819. The van der Waals surface area contributed by atoms with Crippen molar-refractivity contribution in [3.63, 3.8) is 0 Å². The molecule has 0 spiro atoms. The summed E-state index contributed by atoms with van der Waals surface area (Å²) < 4.78 is 37.1. The van der Waals surface area contributed by atoms with E-state index >= 15 is 0 Å². The standard InChI is InChI=1S/C7H14O5S/c1-5-13(8,9)7(11-3,12-4)6-10-2/h5H,1,6H2,2-4H3. The Balaban J connectivity index is 5.08. The molecule has 78 valence electrons.